The van der Waals surface area contributed by atoms with Gasteiger partial charge in [-0.1, -0.05) is 6.58 Å². The third-order valence-electron chi connectivity index (χ3n) is 2.81. The van der Waals surface area contributed by atoms with E-state index in [0.29, 0.717) is 23.7 Å². The van der Waals surface area contributed by atoms with E-state index in [2.05, 4.69) is 11.5 Å². The SMILES string of the molecule is C=C(CCSCC1OC(C)(C)C(O)C1O)OO. The second kappa shape index (κ2) is 6.06. The van der Waals surface area contributed by atoms with Crippen LogP contribution in [0.2, 0.25) is 0 Å². The summed E-state index contributed by atoms with van der Waals surface area (Å²) < 4.78 is 5.58. The Labute approximate surface area is 105 Å². The van der Waals surface area contributed by atoms with E-state index in [1.807, 2.05) is 0 Å². The summed E-state index contributed by atoms with van der Waals surface area (Å²) in [5, 5.41) is 27.8. The van der Waals surface area contributed by atoms with Crippen LogP contribution in [0.15, 0.2) is 12.3 Å². The number of aliphatic hydroxyl groups is 2. The van der Waals surface area contributed by atoms with Crippen molar-refractivity contribution >= 4 is 11.8 Å². The minimum absolute atomic E-state index is 0.311. The summed E-state index contributed by atoms with van der Waals surface area (Å²) in [4.78, 5) is 3.97. The Morgan fingerprint density at radius 3 is 2.59 bits per heavy atom. The first-order chi connectivity index (χ1) is 7.88. The Kier molecular flexibility index (Phi) is 5.27. The van der Waals surface area contributed by atoms with Gasteiger partial charge >= 0.3 is 0 Å². The molecular formula is C11H20O5S. The second-order valence-corrected chi connectivity index (χ2v) is 5.80. The second-order valence-electron chi connectivity index (χ2n) is 4.65. The number of rotatable bonds is 6. The minimum atomic E-state index is -0.858. The molecule has 1 heterocycles. The van der Waals surface area contributed by atoms with Crippen LogP contribution in [0.4, 0.5) is 0 Å². The molecule has 3 unspecified atom stereocenters. The molecule has 3 atom stereocenters. The van der Waals surface area contributed by atoms with Gasteiger partial charge in [0, 0.05) is 17.9 Å². The summed E-state index contributed by atoms with van der Waals surface area (Å²) in [6.45, 7) is 7.00. The van der Waals surface area contributed by atoms with E-state index in [1.165, 1.54) is 0 Å². The third kappa shape index (κ3) is 3.86. The zero-order chi connectivity index (χ0) is 13.1. The fourth-order valence-electron chi connectivity index (χ4n) is 1.71. The molecule has 1 aliphatic heterocycles. The van der Waals surface area contributed by atoms with E-state index in [-0.39, 0.29) is 6.10 Å². The number of ether oxygens (including phenoxy) is 1. The molecule has 0 saturated carbocycles. The van der Waals surface area contributed by atoms with Crippen molar-refractivity contribution in [2.75, 3.05) is 11.5 Å². The first-order valence-corrected chi connectivity index (χ1v) is 6.65. The molecular weight excluding hydrogens is 244 g/mol. The Bertz CT molecular complexity index is 269. The van der Waals surface area contributed by atoms with Crippen LogP contribution >= 0.6 is 11.8 Å². The lowest BCUT2D eigenvalue weighted by Gasteiger charge is -2.21. The van der Waals surface area contributed by atoms with Crippen LogP contribution in [-0.4, -0.2) is 50.9 Å². The van der Waals surface area contributed by atoms with Crippen molar-refractivity contribution in [2.45, 2.75) is 44.2 Å². The number of aliphatic hydroxyl groups excluding tert-OH is 2. The Hall–Kier alpha value is -0.270. The molecule has 5 nitrogen and oxygen atoms in total. The number of hydrogen-bond donors (Lipinski definition) is 3. The topological polar surface area (TPSA) is 79.2 Å². The van der Waals surface area contributed by atoms with E-state index < -0.39 is 17.8 Å². The largest absolute Gasteiger partial charge is 0.388 e. The first-order valence-electron chi connectivity index (χ1n) is 5.49. The van der Waals surface area contributed by atoms with Gasteiger partial charge in [0.25, 0.3) is 0 Å². The Morgan fingerprint density at radius 1 is 1.47 bits per heavy atom. The number of hydrogen-bond acceptors (Lipinski definition) is 6. The molecule has 3 N–H and O–H groups in total. The molecule has 6 heteroatoms. The summed E-state index contributed by atoms with van der Waals surface area (Å²) in [5.74, 6) is 1.61. The van der Waals surface area contributed by atoms with Crippen LogP contribution < -0.4 is 0 Å². The van der Waals surface area contributed by atoms with Gasteiger partial charge in [-0.05, 0) is 13.8 Å². The van der Waals surface area contributed by atoms with E-state index in [0.717, 1.165) is 0 Å². The highest BCUT2D eigenvalue weighted by molar-refractivity contribution is 7.99. The molecule has 0 aliphatic carbocycles. The molecule has 1 aliphatic rings. The molecule has 0 spiro atoms. The molecule has 0 aromatic carbocycles. The average molecular weight is 264 g/mol. The van der Waals surface area contributed by atoms with Gasteiger partial charge in [0.1, 0.15) is 18.0 Å². The molecule has 0 aromatic rings. The summed E-state index contributed by atoms with van der Waals surface area (Å²) in [6.07, 6.45) is -1.54. The van der Waals surface area contributed by atoms with Gasteiger partial charge in [-0.25, -0.2) is 5.26 Å². The van der Waals surface area contributed by atoms with Gasteiger partial charge in [-0.3, -0.25) is 0 Å². The fourth-order valence-corrected chi connectivity index (χ4v) is 2.74. The maximum atomic E-state index is 9.78. The molecule has 0 radical (unpaired) electrons. The van der Waals surface area contributed by atoms with Crippen molar-refractivity contribution in [3.63, 3.8) is 0 Å². The molecule has 1 saturated heterocycles. The Morgan fingerprint density at radius 2 is 2.12 bits per heavy atom. The van der Waals surface area contributed by atoms with Gasteiger partial charge in [0.05, 0.1) is 11.7 Å². The van der Waals surface area contributed by atoms with E-state index in [9.17, 15) is 10.2 Å². The lowest BCUT2D eigenvalue weighted by Crippen LogP contribution is -2.38. The van der Waals surface area contributed by atoms with Crippen molar-refractivity contribution in [1.82, 2.24) is 0 Å². The monoisotopic (exact) mass is 264 g/mol. The standard InChI is InChI=1S/C11H20O5S/c1-7(16-14)4-5-17-6-8-9(12)10(13)11(2,3)15-8/h8-10,12-14H,1,4-6H2,2-3H3. The lowest BCUT2D eigenvalue weighted by molar-refractivity contribution is -0.204. The predicted molar refractivity (Wildman–Crippen MR) is 65.8 cm³/mol. The molecule has 0 aromatic heterocycles. The molecule has 1 rings (SSSR count). The van der Waals surface area contributed by atoms with E-state index in [4.69, 9.17) is 9.99 Å². The molecule has 1 fully saturated rings. The summed E-state index contributed by atoms with van der Waals surface area (Å²) >= 11 is 1.55. The maximum absolute atomic E-state index is 9.78. The molecule has 0 amide bonds. The average Bonchev–Trinajstić information content (AvgIpc) is 2.48. The third-order valence-corrected chi connectivity index (χ3v) is 3.87. The van der Waals surface area contributed by atoms with Gasteiger partial charge in [-0.2, -0.15) is 11.8 Å². The van der Waals surface area contributed by atoms with Crippen LogP contribution in [0.3, 0.4) is 0 Å². The first kappa shape index (κ1) is 14.8. The van der Waals surface area contributed by atoms with Crippen molar-refractivity contribution in [3.05, 3.63) is 12.3 Å². The van der Waals surface area contributed by atoms with E-state index >= 15 is 0 Å². The minimum Gasteiger partial charge on any atom is -0.388 e. The van der Waals surface area contributed by atoms with Crippen LogP contribution in [0.1, 0.15) is 20.3 Å². The van der Waals surface area contributed by atoms with Crippen molar-refractivity contribution < 1.29 is 25.1 Å². The van der Waals surface area contributed by atoms with Crippen LogP contribution in [0.5, 0.6) is 0 Å². The van der Waals surface area contributed by atoms with Crippen LogP contribution in [0, 0.1) is 0 Å². The fraction of sp³-hybridized carbons (Fsp3) is 0.818. The van der Waals surface area contributed by atoms with Crippen molar-refractivity contribution in [3.8, 4) is 0 Å². The van der Waals surface area contributed by atoms with Crippen LogP contribution in [0.25, 0.3) is 0 Å². The quantitative estimate of drug-likeness (QED) is 0.288. The Balaban J connectivity index is 2.27. The van der Waals surface area contributed by atoms with Gasteiger partial charge in [-0.15, -0.1) is 0 Å². The molecule has 0 bridgehead atoms. The normalized spacial score (nSPS) is 31.5. The maximum Gasteiger partial charge on any atom is 0.135 e. The van der Waals surface area contributed by atoms with Crippen molar-refractivity contribution in [2.24, 2.45) is 0 Å². The molecule has 17 heavy (non-hydrogen) atoms. The van der Waals surface area contributed by atoms with Gasteiger partial charge < -0.3 is 19.8 Å². The lowest BCUT2D eigenvalue weighted by atomic mass is 9.99. The summed E-state index contributed by atoms with van der Waals surface area (Å²) in [7, 11) is 0. The van der Waals surface area contributed by atoms with Gasteiger partial charge in [0.15, 0.2) is 0 Å². The number of thioether (sulfide) groups is 1. The zero-order valence-corrected chi connectivity index (χ0v) is 10.9. The number of allylic oxidation sites excluding steroid dienone is 1. The highest BCUT2D eigenvalue weighted by Crippen LogP contribution is 2.32. The van der Waals surface area contributed by atoms with E-state index in [1.54, 1.807) is 25.6 Å². The zero-order valence-electron chi connectivity index (χ0n) is 10.1. The summed E-state index contributed by atoms with van der Waals surface area (Å²) in [6, 6.07) is 0. The summed E-state index contributed by atoms with van der Waals surface area (Å²) in [5.41, 5.74) is -0.706. The van der Waals surface area contributed by atoms with Crippen molar-refractivity contribution in [1.29, 1.82) is 0 Å². The highest BCUT2D eigenvalue weighted by atomic mass is 32.2. The predicted octanol–water partition coefficient (Wildman–Crippen LogP) is 1.01. The smallest absolute Gasteiger partial charge is 0.135 e. The van der Waals surface area contributed by atoms with Crippen LogP contribution in [-0.2, 0) is 9.62 Å². The highest BCUT2D eigenvalue weighted by Gasteiger charge is 2.47. The molecule has 100 valence electrons. The van der Waals surface area contributed by atoms with Gasteiger partial charge in [0.2, 0.25) is 0 Å².